The van der Waals surface area contributed by atoms with Crippen molar-refractivity contribution in [1.29, 1.82) is 0 Å². The van der Waals surface area contributed by atoms with E-state index in [0.29, 0.717) is 16.7 Å². The maximum Gasteiger partial charge on any atom is 0.250 e. The van der Waals surface area contributed by atoms with E-state index in [1.54, 1.807) is 4.68 Å². The van der Waals surface area contributed by atoms with Gasteiger partial charge in [0, 0.05) is 11.3 Å². The zero-order valence-corrected chi connectivity index (χ0v) is 20.1. The van der Waals surface area contributed by atoms with Gasteiger partial charge in [-0.2, -0.15) is 5.10 Å². The van der Waals surface area contributed by atoms with E-state index in [1.807, 2.05) is 96.4 Å². The van der Waals surface area contributed by atoms with Gasteiger partial charge in [0.15, 0.2) is 11.0 Å². The summed E-state index contributed by atoms with van der Waals surface area (Å²) in [5.41, 5.74) is 6.77. The standard InChI is InChI=1S/C25H21N9OS/c1-18(20-11-8-14-22(15-20)33-17-26-31-32-33)27-28-23(35)16-36-25-30-29-24(19-9-4-2-5-10-19)34(25)21-12-6-3-7-13-21/h2-15,17H,16H2,1H3,(H,28,35)/b27-18+. The molecule has 2 aromatic heterocycles. The maximum atomic E-state index is 12.6. The lowest BCUT2D eigenvalue weighted by molar-refractivity contribution is -0.118. The van der Waals surface area contributed by atoms with Gasteiger partial charge >= 0.3 is 0 Å². The van der Waals surface area contributed by atoms with Crippen molar-refractivity contribution in [2.75, 3.05) is 5.75 Å². The van der Waals surface area contributed by atoms with Crippen LogP contribution in [0.25, 0.3) is 22.8 Å². The van der Waals surface area contributed by atoms with Crippen LogP contribution in [0.2, 0.25) is 0 Å². The molecule has 0 atom stereocenters. The highest BCUT2D eigenvalue weighted by Gasteiger charge is 2.17. The number of carbonyl (C=O) groups excluding carboxylic acids is 1. The molecule has 0 aliphatic heterocycles. The highest BCUT2D eigenvalue weighted by atomic mass is 32.2. The number of tetrazole rings is 1. The molecule has 0 fully saturated rings. The summed E-state index contributed by atoms with van der Waals surface area (Å²) in [5.74, 6) is 0.585. The molecule has 5 aromatic rings. The Labute approximate surface area is 211 Å². The Balaban J connectivity index is 1.29. The lowest BCUT2D eigenvalue weighted by Gasteiger charge is -2.10. The van der Waals surface area contributed by atoms with E-state index in [2.05, 4.69) is 36.3 Å². The van der Waals surface area contributed by atoms with Gasteiger partial charge in [-0.25, -0.2) is 10.1 Å². The third-order valence-corrected chi connectivity index (χ3v) is 6.17. The number of hydrogen-bond acceptors (Lipinski definition) is 8. The van der Waals surface area contributed by atoms with Gasteiger partial charge in [0.1, 0.15) is 6.33 Å². The summed E-state index contributed by atoms with van der Waals surface area (Å²) in [6, 6.07) is 27.2. The Morgan fingerprint density at radius 2 is 1.69 bits per heavy atom. The molecule has 178 valence electrons. The van der Waals surface area contributed by atoms with Crippen molar-refractivity contribution in [3.05, 3.63) is 96.8 Å². The van der Waals surface area contributed by atoms with Crippen molar-refractivity contribution in [2.24, 2.45) is 5.10 Å². The van der Waals surface area contributed by atoms with Crippen molar-refractivity contribution in [3.63, 3.8) is 0 Å². The highest BCUT2D eigenvalue weighted by Crippen LogP contribution is 2.27. The van der Waals surface area contributed by atoms with Crippen molar-refractivity contribution in [2.45, 2.75) is 12.1 Å². The Hall–Kier alpha value is -4.64. The number of nitrogens with one attached hydrogen (secondary N) is 1. The zero-order chi connectivity index (χ0) is 24.7. The van der Waals surface area contributed by atoms with Gasteiger partial charge in [-0.1, -0.05) is 72.4 Å². The molecule has 0 spiro atoms. The molecule has 3 aromatic carbocycles. The second-order valence-electron chi connectivity index (χ2n) is 7.67. The molecule has 36 heavy (non-hydrogen) atoms. The summed E-state index contributed by atoms with van der Waals surface area (Å²) >= 11 is 1.30. The smallest absolute Gasteiger partial charge is 0.250 e. The average molecular weight is 496 g/mol. The molecule has 2 heterocycles. The lowest BCUT2D eigenvalue weighted by Crippen LogP contribution is -2.21. The molecule has 1 N–H and O–H groups in total. The molecule has 0 aliphatic rings. The van der Waals surface area contributed by atoms with Crippen molar-refractivity contribution >= 4 is 23.4 Å². The van der Waals surface area contributed by atoms with Crippen LogP contribution in [0, 0.1) is 0 Å². The van der Waals surface area contributed by atoms with Crippen molar-refractivity contribution in [3.8, 4) is 22.8 Å². The van der Waals surface area contributed by atoms with Gasteiger partial charge in [-0.3, -0.25) is 9.36 Å². The molecule has 10 nitrogen and oxygen atoms in total. The number of amides is 1. The number of nitrogens with zero attached hydrogens (tertiary/aromatic N) is 8. The molecule has 11 heteroatoms. The maximum absolute atomic E-state index is 12.6. The fourth-order valence-corrected chi connectivity index (χ4v) is 4.22. The first-order valence-electron chi connectivity index (χ1n) is 11.0. The number of rotatable bonds is 8. The molecule has 0 aliphatic carbocycles. The topological polar surface area (TPSA) is 116 Å². The zero-order valence-electron chi connectivity index (χ0n) is 19.3. The van der Waals surface area contributed by atoms with Crippen LogP contribution in [0.3, 0.4) is 0 Å². The molecular formula is C25H21N9OS. The van der Waals surface area contributed by atoms with E-state index < -0.39 is 0 Å². The summed E-state index contributed by atoms with van der Waals surface area (Å²) in [7, 11) is 0. The van der Waals surface area contributed by atoms with Gasteiger partial charge in [0.05, 0.1) is 17.2 Å². The first-order valence-corrected chi connectivity index (χ1v) is 12.0. The minimum atomic E-state index is -0.250. The van der Waals surface area contributed by atoms with Gasteiger partial charge in [0.2, 0.25) is 0 Å². The van der Waals surface area contributed by atoms with Gasteiger partial charge < -0.3 is 0 Å². The monoisotopic (exact) mass is 495 g/mol. The van der Waals surface area contributed by atoms with Gasteiger partial charge in [0.25, 0.3) is 5.91 Å². The van der Waals surface area contributed by atoms with Crippen LogP contribution in [0.5, 0.6) is 0 Å². The highest BCUT2D eigenvalue weighted by molar-refractivity contribution is 7.99. The fraction of sp³-hybridized carbons (Fsp3) is 0.0800. The SMILES string of the molecule is C/C(=N\NC(=O)CSc1nnc(-c2ccccc2)n1-c1ccccc1)c1cccc(-n2cnnn2)c1. The van der Waals surface area contributed by atoms with Crippen LogP contribution in [0.15, 0.2) is 102 Å². The van der Waals surface area contributed by atoms with E-state index in [1.165, 1.54) is 18.1 Å². The molecule has 0 radical (unpaired) electrons. The number of hydrogen-bond donors (Lipinski definition) is 1. The Bertz CT molecular complexity index is 1480. The molecular weight excluding hydrogens is 474 g/mol. The number of aromatic nitrogens is 7. The Kier molecular flexibility index (Phi) is 6.90. The summed E-state index contributed by atoms with van der Waals surface area (Å²) in [6.07, 6.45) is 1.52. The van der Waals surface area contributed by atoms with Crippen LogP contribution in [0.4, 0.5) is 0 Å². The van der Waals surface area contributed by atoms with Gasteiger partial charge in [-0.15, -0.1) is 15.3 Å². The van der Waals surface area contributed by atoms with E-state index in [9.17, 15) is 4.79 Å². The van der Waals surface area contributed by atoms with Gasteiger partial charge in [-0.05, 0) is 47.2 Å². The molecule has 0 saturated carbocycles. The van der Waals surface area contributed by atoms with Crippen LogP contribution in [-0.4, -0.2) is 52.3 Å². The predicted molar refractivity (Wildman–Crippen MR) is 137 cm³/mol. The van der Waals surface area contributed by atoms with E-state index in [4.69, 9.17) is 0 Å². The van der Waals surface area contributed by atoms with E-state index in [0.717, 1.165) is 22.5 Å². The largest absolute Gasteiger partial charge is 0.272 e. The minimum absolute atomic E-state index is 0.126. The normalized spacial score (nSPS) is 11.4. The molecule has 5 rings (SSSR count). The minimum Gasteiger partial charge on any atom is -0.272 e. The number of carbonyl (C=O) groups is 1. The van der Waals surface area contributed by atoms with Crippen LogP contribution in [-0.2, 0) is 4.79 Å². The number of benzene rings is 3. The average Bonchev–Trinajstić information content (AvgIpc) is 3.62. The second-order valence-corrected chi connectivity index (χ2v) is 8.61. The molecule has 0 bridgehead atoms. The van der Waals surface area contributed by atoms with Crippen molar-refractivity contribution in [1.82, 2.24) is 40.4 Å². The lowest BCUT2D eigenvalue weighted by atomic mass is 10.1. The quantitative estimate of drug-likeness (QED) is 0.199. The summed E-state index contributed by atoms with van der Waals surface area (Å²) in [4.78, 5) is 12.6. The second kappa shape index (κ2) is 10.7. The summed E-state index contributed by atoms with van der Waals surface area (Å²) in [5, 5.41) is 24.8. The number of thioether (sulfide) groups is 1. The first kappa shape index (κ1) is 23.1. The number of hydrazone groups is 1. The summed E-state index contributed by atoms with van der Waals surface area (Å²) < 4.78 is 3.50. The molecule has 1 amide bonds. The van der Waals surface area contributed by atoms with Crippen LogP contribution >= 0.6 is 11.8 Å². The summed E-state index contributed by atoms with van der Waals surface area (Å²) in [6.45, 7) is 1.82. The Morgan fingerprint density at radius 1 is 0.944 bits per heavy atom. The van der Waals surface area contributed by atoms with Crippen LogP contribution < -0.4 is 5.43 Å². The van der Waals surface area contributed by atoms with Crippen molar-refractivity contribution < 1.29 is 4.79 Å². The molecule has 0 saturated heterocycles. The predicted octanol–water partition coefficient (Wildman–Crippen LogP) is 3.54. The fourth-order valence-electron chi connectivity index (χ4n) is 3.47. The van der Waals surface area contributed by atoms with E-state index >= 15 is 0 Å². The van der Waals surface area contributed by atoms with Crippen LogP contribution in [0.1, 0.15) is 12.5 Å². The first-order chi connectivity index (χ1) is 17.7. The third kappa shape index (κ3) is 5.20. The third-order valence-electron chi connectivity index (χ3n) is 5.24. The molecule has 0 unspecified atom stereocenters. The number of para-hydroxylation sites is 1. The Morgan fingerprint density at radius 3 is 2.44 bits per heavy atom. The van der Waals surface area contributed by atoms with E-state index in [-0.39, 0.29) is 11.7 Å².